The SMILES string of the molecule is CC(C(=O)OC(C)(C)C)N1CCCC1CO. The molecule has 0 amide bonds. The highest BCUT2D eigenvalue weighted by Gasteiger charge is 2.33. The largest absolute Gasteiger partial charge is 0.459 e. The Balaban J connectivity index is 2.56. The quantitative estimate of drug-likeness (QED) is 0.738. The fourth-order valence-corrected chi connectivity index (χ4v) is 2.09. The molecule has 0 aromatic carbocycles. The first kappa shape index (κ1) is 13.5. The van der Waals surface area contributed by atoms with E-state index in [0.29, 0.717) is 0 Å². The number of esters is 1. The second-order valence-corrected chi connectivity index (χ2v) is 5.43. The molecular formula is C12H23NO3. The molecule has 1 N–H and O–H groups in total. The van der Waals surface area contributed by atoms with Crippen molar-refractivity contribution in [3.05, 3.63) is 0 Å². The average molecular weight is 229 g/mol. The van der Waals surface area contributed by atoms with Crippen LogP contribution in [0, 0.1) is 0 Å². The molecule has 2 unspecified atom stereocenters. The lowest BCUT2D eigenvalue weighted by Crippen LogP contribution is -2.46. The van der Waals surface area contributed by atoms with Crippen LogP contribution in [0.2, 0.25) is 0 Å². The zero-order valence-electron chi connectivity index (χ0n) is 10.7. The van der Waals surface area contributed by atoms with Gasteiger partial charge in [-0.05, 0) is 47.1 Å². The van der Waals surface area contributed by atoms with E-state index in [1.807, 2.05) is 32.6 Å². The first-order valence-corrected chi connectivity index (χ1v) is 5.94. The highest BCUT2D eigenvalue weighted by Crippen LogP contribution is 2.21. The van der Waals surface area contributed by atoms with Crippen molar-refractivity contribution in [3.8, 4) is 0 Å². The second kappa shape index (κ2) is 5.15. The highest BCUT2D eigenvalue weighted by atomic mass is 16.6. The summed E-state index contributed by atoms with van der Waals surface area (Å²) in [5.41, 5.74) is -0.445. The van der Waals surface area contributed by atoms with Crippen LogP contribution in [0.15, 0.2) is 0 Å². The lowest BCUT2D eigenvalue weighted by molar-refractivity contribution is -0.161. The predicted molar refractivity (Wildman–Crippen MR) is 62.1 cm³/mol. The third-order valence-corrected chi connectivity index (χ3v) is 2.88. The number of hydrogen-bond acceptors (Lipinski definition) is 4. The third kappa shape index (κ3) is 3.46. The Morgan fingerprint density at radius 3 is 2.69 bits per heavy atom. The van der Waals surface area contributed by atoms with Crippen molar-refractivity contribution < 1.29 is 14.6 Å². The van der Waals surface area contributed by atoms with E-state index in [-0.39, 0.29) is 24.7 Å². The van der Waals surface area contributed by atoms with Gasteiger partial charge in [-0.2, -0.15) is 0 Å². The Bertz CT molecular complexity index is 247. The maximum Gasteiger partial charge on any atom is 0.323 e. The van der Waals surface area contributed by atoms with E-state index in [2.05, 4.69) is 0 Å². The summed E-state index contributed by atoms with van der Waals surface area (Å²) < 4.78 is 5.34. The van der Waals surface area contributed by atoms with Gasteiger partial charge in [0.2, 0.25) is 0 Å². The summed E-state index contributed by atoms with van der Waals surface area (Å²) in [6, 6.07) is -0.151. The van der Waals surface area contributed by atoms with E-state index >= 15 is 0 Å². The number of carbonyl (C=O) groups excluding carboxylic acids is 1. The molecule has 94 valence electrons. The first-order chi connectivity index (χ1) is 7.35. The fraction of sp³-hybridized carbons (Fsp3) is 0.917. The van der Waals surface area contributed by atoms with Gasteiger partial charge in [0.25, 0.3) is 0 Å². The Hall–Kier alpha value is -0.610. The zero-order chi connectivity index (χ0) is 12.3. The van der Waals surface area contributed by atoms with Gasteiger partial charge in [0, 0.05) is 6.04 Å². The molecule has 0 bridgehead atoms. The van der Waals surface area contributed by atoms with Gasteiger partial charge in [-0.15, -0.1) is 0 Å². The van der Waals surface area contributed by atoms with Gasteiger partial charge in [0.1, 0.15) is 11.6 Å². The monoisotopic (exact) mass is 229 g/mol. The van der Waals surface area contributed by atoms with Crippen LogP contribution >= 0.6 is 0 Å². The Morgan fingerprint density at radius 1 is 1.56 bits per heavy atom. The number of likely N-dealkylation sites (tertiary alicyclic amines) is 1. The normalized spacial score (nSPS) is 24.4. The zero-order valence-corrected chi connectivity index (χ0v) is 10.7. The van der Waals surface area contributed by atoms with Crippen molar-refractivity contribution in [1.29, 1.82) is 0 Å². The summed E-state index contributed by atoms with van der Waals surface area (Å²) >= 11 is 0. The van der Waals surface area contributed by atoms with E-state index < -0.39 is 5.60 Å². The molecule has 1 saturated heterocycles. The van der Waals surface area contributed by atoms with Gasteiger partial charge in [0.05, 0.1) is 6.61 Å². The van der Waals surface area contributed by atoms with Gasteiger partial charge in [-0.1, -0.05) is 0 Å². The van der Waals surface area contributed by atoms with Gasteiger partial charge >= 0.3 is 5.97 Å². The number of nitrogens with zero attached hydrogens (tertiary/aromatic N) is 1. The summed E-state index contributed by atoms with van der Waals surface area (Å²) in [6.45, 7) is 8.43. The molecule has 2 atom stereocenters. The molecular weight excluding hydrogens is 206 g/mol. The topological polar surface area (TPSA) is 49.8 Å². The number of aliphatic hydroxyl groups excluding tert-OH is 1. The minimum Gasteiger partial charge on any atom is -0.459 e. The number of rotatable bonds is 3. The lowest BCUT2D eigenvalue weighted by atomic mass is 10.1. The minimum atomic E-state index is -0.445. The number of aliphatic hydroxyl groups is 1. The molecule has 0 aliphatic carbocycles. The molecule has 4 heteroatoms. The van der Waals surface area contributed by atoms with E-state index in [9.17, 15) is 9.90 Å². The van der Waals surface area contributed by atoms with Crippen molar-refractivity contribution in [2.24, 2.45) is 0 Å². The van der Waals surface area contributed by atoms with Crippen LogP contribution in [0.3, 0.4) is 0 Å². The fourth-order valence-electron chi connectivity index (χ4n) is 2.09. The smallest absolute Gasteiger partial charge is 0.323 e. The van der Waals surface area contributed by atoms with Crippen LogP contribution in [0.5, 0.6) is 0 Å². The number of hydrogen-bond donors (Lipinski definition) is 1. The van der Waals surface area contributed by atoms with E-state index in [0.717, 1.165) is 19.4 Å². The molecule has 1 fully saturated rings. The lowest BCUT2D eigenvalue weighted by Gasteiger charge is -2.30. The first-order valence-electron chi connectivity index (χ1n) is 5.94. The molecule has 0 aromatic heterocycles. The van der Waals surface area contributed by atoms with Crippen molar-refractivity contribution >= 4 is 5.97 Å². The van der Waals surface area contributed by atoms with Crippen molar-refractivity contribution in [1.82, 2.24) is 4.90 Å². The summed E-state index contributed by atoms with van der Waals surface area (Å²) in [4.78, 5) is 13.9. The molecule has 16 heavy (non-hydrogen) atoms. The molecule has 1 aliphatic heterocycles. The summed E-state index contributed by atoms with van der Waals surface area (Å²) in [7, 11) is 0. The molecule has 0 saturated carbocycles. The molecule has 4 nitrogen and oxygen atoms in total. The number of ether oxygens (including phenoxy) is 1. The Morgan fingerprint density at radius 2 is 2.19 bits per heavy atom. The second-order valence-electron chi connectivity index (χ2n) is 5.43. The standard InChI is InChI=1S/C12H23NO3/c1-9(11(15)16-12(2,3)4)13-7-5-6-10(13)8-14/h9-10,14H,5-8H2,1-4H3. The van der Waals surface area contributed by atoms with Crippen molar-refractivity contribution in [3.63, 3.8) is 0 Å². The average Bonchev–Trinajstić information content (AvgIpc) is 2.61. The van der Waals surface area contributed by atoms with Crippen molar-refractivity contribution in [2.75, 3.05) is 13.2 Å². The van der Waals surface area contributed by atoms with Crippen LogP contribution in [0.1, 0.15) is 40.5 Å². The molecule has 0 aromatic rings. The third-order valence-electron chi connectivity index (χ3n) is 2.88. The molecule has 1 aliphatic rings. The van der Waals surface area contributed by atoms with Crippen LogP contribution in [0.25, 0.3) is 0 Å². The number of carbonyl (C=O) groups is 1. The predicted octanol–water partition coefficient (Wildman–Crippen LogP) is 1.17. The highest BCUT2D eigenvalue weighted by molar-refractivity contribution is 5.75. The minimum absolute atomic E-state index is 0.113. The Kier molecular flexibility index (Phi) is 4.33. The van der Waals surface area contributed by atoms with E-state index in [4.69, 9.17) is 4.74 Å². The maximum absolute atomic E-state index is 11.9. The van der Waals surface area contributed by atoms with E-state index in [1.165, 1.54) is 0 Å². The van der Waals surface area contributed by atoms with Gasteiger partial charge in [-0.3, -0.25) is 9.69 Å². The summed E-state index contributed by atoms with van der Waals surface area (Å²) in [5.74, 6) is -0.201. The van der Waals surface area contributed by atoms with Crippen LogP contribution in [-0.4, -0.2) is 46.8 Å². The molecule has 1 heterocycles. The maximum atomic E-state index is 11.9. The van der Waals surface area contributed by atoms with Crippen LogP contribution in [-0.2, 0) is 9.53 Å². The van der Waals surface area contributed by atoms with Gasteiger partial charge in [0.15, 0.2) is 0 Å². The van der Waals surface area contributed by atoms with Gasteiger partial charge < -0.3 is 9.84 Å². The van der Waals surface area contributed by atoms with E-state index in [1.54, 1.807) is 0 Å². The molecule has 0 spiro atoms. The van der Waals surface area contributed by atoms with Crippen molar-refractivity contribution in [2.45, 2.75) is 58.2 Å². The summed E-state index contributed by atoms with van der Waals surface area (Å²) in [6.07, 6.45) is 2.00. The molecule has 1 rings (SSSR count). The Labute approximate surface area is 97.6 Å². The molecule has 0 radical (unpaired) electrons. The van der Waals surface area contributed by atoms with Crippen LogP contribution < -0.4 is 0 Å². The van der Waals surface area contributed by atoms with Gasteiger partial charge in [-0.25, -0.2) is 0 Å². The summed E-state index contributed by atoms with van der Waals surface area (Å²) in [5, 5.41) is 9.21. The van der Waals surface area contributed by atoms with Crippen LogP contribution in [0.4, 0.5) is 0 Å².